The van der Waals surface area contributed by atoms with Gasteiger partial charge in [0.2, 0.25) is 0 Å². The van der Waals surface area contributed by atoms with Gasteiger partial charge in [-0.1, -0.05) is 44.5 Å². The van der Waals surface area contributed by atoms with Gasteiger partial charge in [0.05, 0.1) is 0 Å². The van der Waals surface area contributed by atoms with Crippen LogP contribution >= 0.6 is 0 Å². The van der Waals surface area contributed by atoms with Gasteiger partial charge in [0.15, 0.2) is 0 Å². The van der Waals surface area contributed by atoms with Gasteiger partial charge in [-0.05, 0) is 42.7 Å². The third-order valence-electron chi connectivity index (χ3n) is 5.32. The summed E-state index contributed by atoms with van der Waals surface area (Å²) in [6.45, 7) is 6.18. The molecule has 3 amide bonds. The van der Waals surface area contributed by atoms with Crippen LogP contribution in [0.4, 0.5) is 4.79 Å². The molecule has 2 atom stereocenters. The van der Waals surface area contributed by atoms with Crippen LogP contribution in [-0.4, -0.2) is 28.9 Å². The minimum atomic E-state index is -0.338. The lowest BCUT2D eigenvalue weighted by Gasteiger charge is -2.40. The molecule has 2 fully saturated rings. The van der Waals surface area contributed by atoms with Crippen LogP contribution in [0, 0.1) is 12.8 Å². The zero-order valence-corrected chi connectivity index (χ0v) is 13.5. The number of benzene rings is 1. The Morgan fingerprint density at radius 3 is 2.59 bits per heavy atom. The number of hydrogen-bond acceptors (Lipinski definition) is 2. The highest BCUT2D eigenvalue weighted by atomic mass is 16.2. The van der Waals surface area contributed by atoms with Crippen molar-refractivity contribution in [1.29, 1.82) is 0 Å². The molecule has 1 aromatic rings. The van der Waals surface area contributed by atoms with Crippen molar-refractivity contribution in [3.8, 4) is 0 Å². The summed E-state index contributed by atoms with van der Waals surface area (Å²) in [6.07, 6.45) is 2.66. The number of rotatable bonds is 4. The first-order chi connectivity index (χ1) is 10.5. The number of carbonyl (C=O) groups is 2. The van der Waals surface area contributed by atoms with Gasteiger partial charge in [0.1, 0.15) is 6.04 Å². The molecular weight excluding hydrogens is 276 g/mol. The molecule has 0 unspecified atom stereocenters. The van der Waals surface area contributed by atoms with Crippen LogP contribution in [0.25, 0.3) is 0 Å². The van der Waals surface area contributed by atoms with Crippen molar-refractivity contribution in [2.24, 2.45) is 5.92 Å². The summed E-state index contributed by atoms with van der Waals surface area (Å²) in [5, 5.41) is 2.86. The normalized spacial score (nSPS) is 29.2. The maximum Gasteiger partial charge on any atom is 0.325 e. The molecule has 22 heavy (non-hydrogen) atoms. The average molecular weight is 300 g/mol. The summed E-state index contributed by atoms with van der Waals surface area (Å²) in [6, 6.07) is 7.90. The summed E-state index contributed by atoms with van der Waals surface area (Å²) in [5.41, 5.74) is 2.64. The first-order valence-electron chi connectivity index (χ1n) is 8.22. The Bertz CT molecular complexity index is 593. The lowest BCUT2D eigenvalue weighted by molar-refractivity contribution is -0.131. The zero-order chi connectivity index (χ0) is 15.9. The number of nitrogens with one attached hydrogen (secondary N) is 1. The Hall–Kier alpha value is -1.84. The highest BCUT2D eigenvalue weighted by Crippen LogP contribution is 2.42. The molecule has 4 nitrogen and oxygen atoms in total. The van der Waals surface area contributed by atoms with Crippen LogP contribution in [0.2, 0.25) is 0 Å². The van der Waals surface area contributed by atoms with Gasteiger partial charge in [0, 0.05) is 6.04 Å². The van der Waals surface area contributed by atoms with E-state index >= 15 is 0 Å². The summed E-state index contributed by atoms with van der Waals surface area (Å²) < 4.78 is 0. The largest absolute Gasteiger partial charge is 0.326 e. The lowest BCUT2D eigenvalue weighted by atomic mass is 9.74. The van der Waals surface area contributed by atoms with Crippen molar-refractivity contribution in [2.45, 2.75) is 58.0 Å². The molecule has 1 N–H and O–H groups in total. The monoisotopic (exact) mass is 300 g/mol. The Kier molecular flexibility index (Phi) is 3.94. The van der Waals surface area contributed by atoms with Crippen molar-refractivity contribution in [3.05, 3.63) is 35.4 Å². The Labute approximate surface area is 131 Å². The molecule has 3 rings (SSSR count). The van der Waals surface area contributed by atoms with Crippen LogP contribution < -0.4 is 5.32 Å². The topological polar surface area (TPSA) is 49.4 Å². The minimum Gasteiger partial charge on any atom is -0.326 e. The maximum atomic E-state index is 12.5. The zero-order valence-electron chi connectivity index (χ0n) is 13.5. The molecule has 1 aromatic carbocycles. The molecular formula is C18H24N2O2. The van der Waals surface area contributed by atoms with Crippen molar-refractivity contribution >= 4 is 11.9 Å². The van der Waals surface area contributed by atoms with E-state index in [1.54, 1.807) is 0 Å². The van der Waals surface area contributed by atoms with Crippen molar-refractivity contribution in [3.63, 3.8) is 0 Å². The molecule has 2 aliphatic rings. The first-order valence-corrected chi connectivity index (χ1v) is 8.22. The molecule has 1 saturated carbocycles. The van der Waals surface area contributed by atoms with Crippen LogP contribution in [0.5, 0.6) is 0 Å². The van der Waals surface area contributed by atoms with Crippen LogP contribution in [0.3, 0.4) is 0 Å². The SMILES string of the molecule is CC[C@H](C)[C@@H]1NC(=O)N(C2CC(c3ccccc3C)C2)C1=O. The number of amides is 3. The van der Waals surface area contributed by atoms with E-state index in [4.69, 9.17) is 0 Å². The highest BCUT2D eigenvalue weighted by Gasteiger charge is 2.47. The van der Waals surface area contributed by atoms with Gasteiger partial charge < -0.3 is 5.32 Å². The number of urea groups is 1. The van der Waals surface area contributed by atoms with E-state index in [0.29, 0.717) is 5.92 Å². The van der Waals surface area contributed by atoms with Gasteiger partial charge >= 0.3 is 6.03 Å². The fourth-order valence-electron chi connectivity index (χ4n) is 3.58. The van der Waals surface area contributed by atoms with E-state index in [2.05, 4.69) is 30.4 Å². The van der Waals surface area contributed by atoms with E-state index in [9.17, 15) is 9.59 Å². The van der Waals surface area contributed by atoms with Gasteiger partial charge in [-0.15, -0.1) is 0 Å². The number of imide groups is 1. The highest BCUT2D eigenvalue weighted by molar-refractivity contribution is 6.04. The molecule has 0 spiro atoms. The van der Waals surface area contributed by atoms with Crippen molar-refractivity contribution in [1.82, 2.24) is 10.2 Å². The van der Waals surface area contributed by atoms with Crippen molar-refractivity contribution < 1.29 is 9.59 Å². The molecule has 4 heteroatoms. The molecule has 118 valence electrons. The molecule has 1 aliphatic heterocycles. The molecule has 1 saturated heterocycles. The quantitative estimate of drug-likeness (QED) is 0.868. The molecule has 0 aromatic heterocycles. The standard InChI is InChI=1S/C18H24N2O2/c1-4-11(2)16-17(21)20(18(22)19-16)14-9-13(10-14)15-8-6-5-7-12(15)3/h5-8,11,13-14,16H,4,9-10H2,1-3H3,(H,19,22)/t11-,13?,14?,16-/m0/s1. The smallest absolute Gasteiger partial charge is 0.325 e. The average Bonchev–Trinajstić information content (AvgIpc) is 2.75. The van der Waals surface area contributed by atoms with E-state index in [-0.39, 0.29) is 29.9 Å². The van der Waals surface area contributed by atoms with E-state index < -0.39 is 0 Å². The number of carbonyl (C=O) groups excluding carboxylic acids is 2. The number of nitrogens with zero attached hydrogens (tertiary/aromatic N) is 1. The number of aryl methyl sites for hydroxylation is 1. The second-order valence-corrected chi connectivity index (χ2v) is 6.70. The summed E-state index contributed by atoms with van der Waals surface area (Å²) in [5.74, 6) is 0.621. The van der Waals surface area contributed by atoms with E-state index in [1.807, 2.05) is 19.9 Å². The fraction of sp³-hybridized carbons (Fsp3) is 0.556. The predicted octanol–water partition coefficient (Wildman–Crippen LogP) is 3.21. The number of hydrogen-bond donors (Lipinski definition) is 1. The van der Waals surface area contributed by atoms with Crippen LogP contribution in [0.1, 0.15) is 50.2 Å². The summed E-state index contributed by atoms with van der Waals surface area (Å²) >= 11 is 0. The van der Waals surface area contributed by atoms with Gasteiger partial charge in [-0.3, -0.25) is 9.69 Å². The molecule has 1 heterocycles. The maximum absolute atomic E-state index is 12.5. The molecule has 0 radical (unpaired) electrons. The predicted molar refractivity (Wildman–Crippen MR) is 85.6 cm³/mol. The van der Waals surface area contributed by atoms with Crippen LogP contribution in [-0.2, 0) is 4.79 Å². The minimum absolute atomic E-state index is 0.0346. The second-order valence-electron chi connectivity index (χ2n) is 6.70. The van der Waals surface area contributed by atoms with E-state index in [0.717, 1.165) is 19.3 Å². The third kappa shape index (κ3) is 2.40. The molecule has 1 aliphatic carbocycles. The Balaban J connectivity index is 1.67. The first kappa shape index (κ1) is 15.1. The summed E-state index contributed by atoms with van der Waals surface area (Å²) in [4.78, 5) is 26.1. The van der Waals surface area contributed by atoms with Crippen LogP contribution in [0.15, 0.2) is 24.3 Å². The fourth-order valence-corrected chi connectivity index (χ4v) is 3.58. The Morgan fingerprint density at radius 1 is 1.27 bits per heavy atom. The summed E-state index contributed by atoms with van der Waals surface area (Å²) in [7, 11) is 0. The van der Waals surface area contributed by atoms with Gasteiger partial charge in [-0.25, -0.2) is 4.79 Å². The molecule has 0 bridgehead atoms. The lowest BCUT2D eigenvalue weighted by Crippen LogP contribution is -2.48. The van der Waals surface area contributed by atoms with Gasteiger partial charge in [-0.2, -0.15) is 0 Å². The third-order valence-corrected chi connectivity index (χ3v) is 5.32. The van der Waals surface area contributed by atoms with Crippen molar-refractivity contribution in [2.75, 3.05) is 0 Å². The van der Waals surface area contributed by atoms with Gasteiger partial charge in [0.25, 0.3) is 5.91 Å². The Morgan fingerprint density at radius 2 is 1.95 bits per heavy atom. The van der Waals surface area contributed by atoms with E-state index in [1.165, 1.54) is 16.0 Å². The second kappa shape index (κ2) is 5.75.